The van der Waals surface area contributed by atoms with Crippen LogP contribution in [-0.4, -0.2) is 21.5 Å². The van der Waals surface area contributed by atoms with Crippen molar-refractivity contribution in [3.8, 4) is 0 Å². The molecule has 0 aliphatic heterocycles. The maximum Gasteiger partial charge on any atom is 0.318 e. The molecule has 31 heavy (non-hydrogen) atoms. The summed E-state index contributed by atoms with van der Waals surface area (Å²) in [6, 6.07) is 21.0. The molecule has 1 heterocycles. The number of hydrogen-bond acceptors (Lipinski definition) is 1. The highest BCUT2D eigenvalue weighted by atomic mass is 19.1. The van der Waals surface area contributed by atoms with E-state index < -0.39 is 0 Å². The number of urea groups is 1. The van der Waals surface area contributed by atoms with Crippen molar-refractivity contribution < 1.29 is 9.18 Å². The van der Waals surface area contributed by atoms with Crippen LogP contribution < -0.4 is 5.32 Å². The second-order valence-corrected chi connectivity index (χ2v) is 8.38. The van der Waals surface area contributed by atoms with E-state index in [1.807, 2.05) is 59.6 Å². The summed E-state index contributed by atoms with van der Waals surface area (Å²) in [7, 11) is 0. The van der Waals surface area contributed by atoms with Crippen molar-refractivity contribution in [1.82, 2.24) is 14.8 Å². The monoisotopic (exact) mass is 419 g/mol. The lowest BCUT2D eigenvalue weighted by Crippen LogP contribution is -2.45. The molecular formula is C26H30FN3O. The summed E-state index contributed by atoms with van der Waals surface area (Å²) in [5.74, 6) is -0.233. The number of amides is 2. The second kappa shape index (κ2) is 10.3. The average molecular weight is 420 g/mol. The van der Waals surface area contributed by atoms with Crippen LogP contribution in [0, 0.1) is 5.82 Å². The van der Waals surface area contributed by atoms with Gasteiger partial charge in [-0.2, -0.15) is 0 Å². The summed E-state index contributed by atoms with van der Waals surface area (Å²) in [4.78, 5) is 15.1. The van der Waals surface area contributed by atoms with Crippen molar-refractivity contribution >= 4 is 6.03 Å². The molecule has 2 amide bonds. The van der Waals surface area contributed by atoms with E-state index in [9.17, 15) is 9.18 Å². The molecule has 4 nitrogen and oxygen atoms in total. The van der Waals surface area contributed by atoms with Crippen molar-refractivity contribution in [3.05, 3.63) is 95.6 Å². The molecule has 162 valence electrons. The highest BCUT2D eigenvalue weighted by Gasteiger charge is 2.21. The van der Waals surface area contributed by atoms with Gasteiger partial charge in [0.15, 0.2) is 0 Å². The number of halogens is 1. The molecule has 0 saturated heterocycles. The Bertz CT molecular complexity index is 979. The standard InChI is InChI=1S/C26H30FN3O/c27-23-12-7-11-22(17-23)19-29-16-8-15-25(29)20-30(18-21-9-3-1-4-10-21)26(31)28-24-13-5-2-6-14-24/h1,3-4,7-12,15-17,24H,2,5-6,13-14,18-20H2,(H,28,31). The van der Waals surface area contributed by atoms with Gasteiger partial charge in [-0.1, -0.05) is 61.7 Å². The van der Waals surface area contributed by atoms with Gasteiger partial charge in [-0.15, -0.1) is 0 Å². The fourth-order valence-corrected chi connectivity index (χ4v) is 4.29. The van der Waals surface area contributed by atoms with E-state index in [4.69, 9.17) is 0 Å². The highest BCUT2D eigenvalue weighted by molar-refractivity contribution is 5.74. The maximum absolute atomic E-state index is 13.6. The molecule has 1 N–H and O–H groups in total. The largest absolute Gasteiger partial charge is 0.345 e. The van der Waals surface area contributed by atoms with Crippen molar-refractivity contribution in [2.45, 2.75) is 57.8 Å². The molecule has 1 aliphatic rings. The van der Waals surface area contributed by atoms with Gasteiger partial charge in [0.2, 0.25) is 0 Å². The second-order valence-electron chi connectivity index (χ2n) is 8.38. The number of hydrogen-bond donors (Lipinski definition) is 1. The normalized spacial score (nSPS) is 14.4. The van der Waals surface area contributed by atoms with Crippen molar-refractivity contribution in [1.29, 1.82) is 0 Å². The number of nitrogens with one attached hydrogen (secondary N) is 1. The van der Waals surface area contributed by atoms with E-state index in [1.165, 1.54) is 25.3 Å². The number of nitrogens with zero attached hydrogens (tertiary/aromatic N) is 2. The van der Waals surface area contributed by atoms with Gasteiger partial charge in [0, 0.05) is 31.0 Å². The van der Waals surface area contributed by atoms with E-state index in [2.05, 4.69) is 9.88 Å². The Morgan fingerprint density at radius 2 is 1.71 bits per heavy atom. The minimum absolute atomic E-state index is 0.0192. The first-order chi connectivity index (χ1) is 15.2. The predicted molar refractivity (Wildman–Crippen MR) is 121 cm³/mol. The number of aromatic nitrogens is 1. The third-order valence-corrected chi connectivity index (χ3v) is 5.95. The molecule has 1 saturated carbocycles. The Morgan fingerprint density at radius 3 is 2.48 bits per heavy atom. The summed E-state index contributed by atoms with van der Waals surface area (Å²) >= 11 is 0. The van der Waals surface area contributed by atoms with Gasteiger partial charge in [-0.05, 0) is 48.2 Å². The molecule has 0 spiro atoms. The summed E-state index contributed by atoms with van der Waals surface area (Å²) < 4.78 is 15.7. The van der Waals surface area contributed by atoms with Crippen LogP contribution in [0.5, 0.6) is 0 Å². The van der Waals surface area contributed by atoms with Gasteiger partial charge >= 0.3 is 6.03 Å². The molecule has 5 heteroatoms. The zero-order chi connectivity index (χ0) is 21.5. The van der Waals surface area contributed by atoms with Crippen LogP contribution in [0.3, 0.4) is 0 Å². The van der Waals surface area contributed by atoms with Crippen molar-refractivity contribution in [2.24, 2.45) is 0 Å². The van der Waals surface area contributed by atoms with Gasteiger partial charge in [0.25, 0.3) is 0 Å². The zero-order valence-electron chi connectivity index (χ0n) is 17.8. The van der Waals surface area contributed by atoms with Crippen molar-refractivity contribution in [3.63, 3.8) is 0 Å². The highest BCUT2D eigenvalue weighted by Crippen LogP contribution is 2.19. The molecule has 3 aromatic rings. The first-order valence-electron chi connectivity index (χ1n) is 11.2. The third-order valence-electron chi connectivity index (χ3n) is 5.95. The van der Waals surface area contributed by atoms with E-state index in [-0.39, 0.29) is 17.9 Å². The maximum atomic E-state index is 13.6. The average Bonchev–Trinajstić information content (AvgIpc) is 3.21. The lowest BCUT2D eigenvalue weighted by molar-refractivity contribution is 0.183. The fraction of sp³-hybridized carbons (Fsp3) is 0.346. The van der Waals surface area contributed by atoms with E-state index in [0.717, 1.165) is 29.7 Å². The minimum Gasteiger partial charge on any atom is -0.345 e. The number of rotatable bonds is 7. The molecule has 0 atom stereocenters. The Kier molecular flexibility index (Phi) is 7.03. The molecule has 4 rings (SSSR count). The first kappa shape index (κ1) is 21.2. The molecule has 1 fully saturated rings. The molecule has 1 aromatic heterocycles. The Hall–Kier alpha value is -3.08. The summed E-state index contributed by atoms with van der Waals surface area (Å²) in [6.45, 7) is 1.61. The number of benzene rings is 2. The van der Waals surface area contributed by atoms with Gasteiger partial charge in [-0.3, -0.25) is 0 Å². The summed E-state index contributed by atoms with van der Waals surface area (Å²) in [5.41, 5.74) is 3.03. The summed E-state index contributed by atoms with van der Waals surface area (Å²) in [5, 5.41) is 3.26. The molecule has 1 aliphatic carbocycles. The van der Waals surface area contributed by atoms with Gasteiger partial charge < -0.3 is 14.8 Å². The van der Waals surface area contributed by atoms with Gasteiger partial charge in [-0.25, -0.2) is 9.18 Å². The molecule has 0 unspecified atom stereocenters. The Labute approximate surface area is 183 Å². The van der Waals surface area contributed by atoms with Gasteiger partial charge in [0.05, 0.1) is 6.54 Å². The number of carbonyl (C=O) groups is 1. The van der Waals surface area contributed by atoms with Crippen LogP contribution in [0.1, 0.15) is 48.9 Å². The SMILES string of the molecule is O=C(NC1CCCCC1)N(Cc1ccccc1)Cc1cccn1Cc1cccc(F)c1. The van der Waals surface area contributed by atoms with Gasteiger partial charge in [0.1, 0.15) is 5.82 Å². The lowest BCUT2D eigenvalue weighted by Gasteiger charge is -2.29. The van der Waals surface area contributed by atoms with Crippen molar-refractivity contribution in [2.75, 3.05) is 0 Å². The van der Waals surface area contributed by atoms with E-state index in [1.54, 1.807) is 12.1 Å². The van der Waals surface area contributed by atoms with Crippen LogP contribution in [0.2, 0.25) is 0 Å². The van der Waals surface area contributed by atoms with Crippen LogP contribution in [0.25, 0.3) is 0 Å². The third kappa shape index (κ3) is 5.97. The topological polar surface area (TPSA) is 37.3 Å². The Morgan fingerprint density at radius 1 is 0.935 bits per heavy atom. The van der Waals surface area contributed by atoms with E-state index in [0.29, 0.717) is 19.6 Å². The Balaban J connectivity index is 1.50. The summed E-state index contributed by atoms with van der Waals surface area (Å²) in [6.07, 6.45) is 7.72. The van der Waals surface area contributed by atoms with Crippen LogP contribution in [0.15, 0.2) is 72.9 Å². The minimum atomic E-state index is -0.233. The smallest absolute Gasteiger partial charge is 0.318 e. The lowest BCUT2D eigenvalue weighted by atomic mass is 9.96. The fourth-order valence-electron chi connectivity index (χ4n) is 4.29. The van der Waals surface area contributed by atoms with Crippen LogP contribution in [-0.2, 0) is 19.6 Å². The zero-order valence-corrected chi connectivity index (χ0v) is 17.8. The molecule has 0 radical (unpaired) electrons. The molecule has 0 bridgehead atoms. The van der Waals surface area contributed by atoms with Crippen LogP contribution in [0.4, 0.5) is 9.18 Å². The quantitative estimate of drug-likeness (QED) is 0.522. The molecular weight excluding hydrogens is 389 g/mol. The van der Waals surface area contributed by atoms with E-state index >= 15 is 0 Å². The number of carbonyl (C=O) groups excluding carboxylic acids is 1. The molecule has 2 aromatic carbocycles. The van der Waals surface area contributed by atoms with Crippen LogP contribution >= 0.6 is 0 Å². The first-order valence-corrected chi connectivity index (χ1v) is 11.2. The predicted octanol–water partition coefficient (Wildman–Crippen LogP) is 5.72.